The van der Waals surface area contributed by atoms with Gasteiger partial charge >= 0.3 is 6.01 Å². The van der Waals surface area contributed by atoms with Gasteiger partial charge in [0.2, 0.25) is 0 Å². The summed E-state index contributed by atoms with van der Waals surface area (Å²) in [6.45, 7) is 2.66. The van der Waals surface area contributed by atoms with Gasteiger partial charge in [-0.15, -0.1) is 24.8 Å². The van der Waals surface area contributed by atoms with Crippen molar-refractivity contribution in [1.82, 2.24) is 30.4 Å². The Morgan fingerprint density at radius 1 is 1.03 bits per heavy atom. The maximum absolute atomic E-state index is 5.91. The molecule has 10 heteroatoms. The summed E-state index contributed by atoms with van der Waals surface area (Å²) in [6.07, 6.45) is 0. The van der Waals surface area contributed by atoms with Gasteiger partial charge in [-0.3, -0.25) is 0 Å². The van der Waals surface area contributed by atoms with Gasteiger partial charge in [-0.05, 0) is 54.4 Å². The fourth-order valence-electron chi connectivity index (χ4n) is 2.51. The Labute approximate surface area is 183 Å². The second-order valence-corrected chi connectivity index (χ2v) is 6.28. The van der Waals surface area contributed by atoms with Gasteiger partial charge in [-0.1, -0.05) is 29.4 Å². The van der Waals surface area contributed by atoms with E-state index in [1.807, 2.05) is 48.5 Å². The Hall–Kier alpha value is -2.39. The van der Waals surface area contributed by atoms with Crippen molar-refractivity contribution < 1.29 is 9.47 Å². The number of benzene rings is 2. The minimum Gasteiger partial charge on any atom is -0.493 e. The molecule has 0 spiro atoms. The highest BCUT2D eigenvalue weighted by molar-refractivity contribution is 5.85. The van der Waals surface area contributed by atoms with E-state index in [4.69, 9.17) is 9.47 Å². The molecule has 1 heterocycles. The average molecular weight is 441 g/mol. The molecule has 0 bridgehead atoms. The number of aromatic nitrogens is 4. The first kappa shape index (κ1) is 24.6. The molecule has 0 saturated heterocycles. The van der Waals surface area contributed by atoms with Gasteiger partial charge in [-0.2, -0.15) is 4.68 Å². The maximum atomic E-state index is 5.91. The Morgan fingerprint density at radius 3 is 2.48 bits per heavy atom. The highest BCUT2D eigenvalue weighted by Gasteiger charge is 2.14. The predicted octanol–water partition coefficient (Wildman–Crippen LogP) is 2.96. The molecule has 1 aromatic heterocycles. The lowest BCUT2D eigenvalue weighted by Gasteiger charge is -2.13. The topological polar surface area (TPSA) is 77.3 Å². The fraction of sp³-hybridized carbons (Fsp3) is 0.316. The molecular formula is C19H26Cl2N6O2. The van der Waals surface area contributed by atoms with E-state index >= 15 is 0 Å². The van der Waals surface area contributed by atoms with E-state index in [0.717, 1.165) is 30.9 Å². The van der Waals surface area contributed by atoms with Crippen LogP contribution in [0.2, 0.25) is 0 Å². The Balaban J connectivity index is 0.00000210. The first-order valence-electron chi connectivity index (χ1n) is 8.71. The number of nitrogens with one attached hydrogen (secondary N) is 1. The Bertz CT molecular complexity index is 861. The van der Waals surface area contributed by atoms with Crippen molar-refractivity contribution in [3.63, 3.8) is 0 Å². The van der Waals surface area contributed by atoms with Crippen molar-refractivity contribution in [3.05, 3.63) is 54.1 Å². The summed E-state index contributed by atoms with van der Waals surface area (Å²) in [5.41, 5.74) is 1.93. The summed E-state index contributed by atoms with van der Waals surface area (Å²) in [7, 11) is 5.73. The normalized spacial score (nSPS) is 10.2. The zero-order valence-corrected chi connectivity index (χ0v) is 18.2. The van der Waals surface area contributed by atoms with Gasteiger partial charge in [0.15, 0.2) is 11.5 Å². The van der Waals surface area contributed by atoms with Gasteiger partial charge in [0.25, 0.3) is 0 Å². The van der Waals surface area contributed by atoms with Crippen molar-refractivity contribution in [1.29, 1.82) is 0 Å². The van der Waals surface area contributed by atoms with Crippen LogP contribution in [-0.2, 0) is 6.54 Å². The largest absolute Gasteiger partial charge is 0.493 e. The SMILES string of the molecule is COc1cc(CNCCN(C)C)ccc1Oc1nnnn1-c1ccccc1.Cl.Cl. The highest BCUT2D eigenvalue weighted by Crippen LogP contribution is 2.32. The minimum atomic E-state index is 0. The molecule has 0 aliphatic carbocycles. The molecule has 0 fully saturated rings. The molecule has 0 unspecified atom stereocenters. The zero-order valence-electron chi connectivity index (χ0n) is 16.6. The molecule has 0 aliphatic rings. The fourth-order valence-corrected chi connectivity index (χ4v) is 2.51. The highest BCUT2D eigenvalue weighted by atomic mass is 35.5. The number of likely N-dealkylation sites (N-methyl/N-ethyl adjacent to an activating group) is 1. The van der Waals surface area contributed by atoms with E-state index in [1.165, 1.54) is 4.68 Å². The summed E-state index contributed by atoms with van der Waals surface area (Å²) in [6, 6.07) is 15.7. The van der Waals surface area contributed by atoms with E-state index in [2.05, 4.69) is 39.8 Å². The zero-order chi connectivity index (χ0) is 19.1. The molecule has 8 nitrogen and oxygen atoms in total. The van der Waals surface area contributed by atoms with Crippen LogP contribution in [0.5, 0.6) is 17.5 Å². The van der Waals surface area contributed by atoms with Crippen molar-refractivity contribution >= 4 is 24.8 Å². The second-order valence-electron chi connectivity index (χ2n) is 6.28. The lowest BCUT2D eigenvalue weighted by atomic mass is 10.2. The molecule has 0 radical (unpaired) electrons. The lowest BCUT2D eigenvalue weighted by molar-refractivity contribution is 0.362. The number of hydrogen-bond donors (Lipinski definition) is 1. The van der Waals surface area contributed by atoms with Crippen LogP contribution in [0.3, 0.4) is 0 Å². The molecule has 3 rings (SSSR count). The van der Waals surface area contributed by atoms with Crippen molar-refractivity contribution in [3.8, 4) is 23.2 Å². The molecule has 2 aromatic carbocycles. The third-order valence-electron chi connectivity index (χ3n) is 3.94. The van der Waals surface area contributed by atoms with Crippen LogP contribution in [0.25, 0.3) is 5.69 Å². The van der Waals surface area contributed by atoms with Crippen LogP contribution in [0.1, 0.15) is 5.56 Å². The lowest BCUT2D eigenvalue weighted by Crippen LogP contribution is -2.26. The summed E-state index contributed by atoms with van der Waals surface area (Å²) in [5, 5.41) is 15.1. The first-order chi connectivity index (χ1) is 13.2. The van der Waals surface area contributed by atoms with Crippen LogP contribution in [-0.4, -0.2) is 59.4 Å². The maximum Gasteiger partial charge on any atom is 0.346 e. The number of halogens is 2. The van der Waals surface area contributed by atoms with Crippen LogP contribution in [0.4, 0.5) is 0 Å². The molecular weight excluding hydrogens is 415 g/mol. The molecule has 0 amide bonds. The van der Waals surface area contributed by atoms with E-state index in [1.54, 1.807) is 7.11 Å². The van der Waals surface area contributed by atoms with E-state index in [-0.39, 0.29) is 30.8 Å². The van der Waals surface area contributed by atoms with Crippen LogP contribution in [0.15, 0.2) is 48.5 Å². The average Bonchev–Trinajstić information content (AvgIpc) is 3.15. The van der Waals surface area contributed by atoms with Crippen molar-refractivity contribution in [2.75, 3.05) is 34.3 Å². The number of rotatable bonds is 9. The third-order valence-corrected chi connectivity index (χ3v) is 3.94. The second kappa shape index (κ2) is 12.2. The van der Waals surface area contributed by atoms with Crippen molar-refractivity contribution in [2.24, 2.45) is 0 Å². The number of ether oxygens (including phenoxy) is 2. The summed E-state index contributed by atoms with van der Waals surface area (Å²) in [4.78, 5) is 2.14. The quantitative estimate of drug-likeness (QED) is 0.512. The molecule has 0 aliphatic heterocycles. The monoisotopic (exact) mass is 440 g/mol. The van der Waals surface area contributed by atoms with Crippen LogP contribution in [0, 0.1) is 0 Å². The molecule has 1 N–H and O–H groups in total. The summed E-state index contributed by atoms with van der Waals surface area (Å²) >= 11 is 0. The Kier molecular flexibility index (Phi) is 10.4. The van der Waals surface area contributed by atoms with Crippen molar-refractivity contribution in [2.45, 2.75) is 6.54 Å². The molecule has 0 atom stereocenters. The van der Waals surface area contributed by atoms with Gasteiger partial charge < -0.3 is 19.7 Å². The number of para-hydroxylation sites is 1. The molecule has 3 aromatic rings. The predicted molar refractivity (Wildman–Crippen MR) is 117 cm³/mol. The van der Waals surface area contributed by atoms with Gasteiger partial charge in [-0.25, -0.2) is 0 Å². The van der Waals surface area contributed by atoms with Gasteiger partial charge in [0, 0.05) is 19.6 Å². The van der Waals surface area contributed by atoms with E-state index in [9.17, 15) is 0 Å². The van der Waals surface area contributed by atoms with Crippen LogP contribution >= 0.6 is 24.8 Å². The third kappa shape index (κ3) is 6.86. The molecule has 158 valence electrons. The first-order valence-corrected chi connectivity index (χ1v) is 8.71. The van der Waals surface area contributed by atoms with E-state index < -0.39 is 0 Å². The minimum absolute atomic E-state index is 0. The standard InChI is InChI=1S/C19H24N6O2.2ClH/c1-24(2)12-11-20-14-15-9-10-17(18(13-15)26-3)27-19-21-22-23-25(19)16-7-5-4-6-8-16;;/h4-10,13,20H,11-12,14H2,1-3H3;2*1H. The van der Waals surface area contributed by atoms with Crippen LogP contribution < -0.4 is 14.8 Å². The number of methoxy groups -OCH3 is 1. The summed E-state index contributed by atoms with van der Waals surface area (Å²) in [5.74, 6) is 1.19. The molecule has 0 saturated carbocycles. The molecule has 29 heavy (non-hydrogen) atoms. The Morgan fingerprint density at radius 2 is 1.79 bits per heavy atom. The van der Waals surface area contributed by atoms with Gasteiger partial charge in [0.1, 0.15) is 0 Å². The number of hydrogen-bond acceptors (Lipinski definition) is 7. The number of tetrazole rings is 1. The van der Waals surface area contributed by atoms with Gasteiger partial charge in [0.05, 0.1) is 12.8 Å². The van der Waals surface area contributed by atoms with E-state index in [0.29, 0.717) is 11.5 Å². The summed E-state index contributed by atoms with van der Waals surface area (Å²) < 4.78 is 12.9. The smallest absolute Gasteiger partial charge is 0.346 e. The number of nitrogens with zero attached hydrogens (tertiary/aromatic N) is 5.